The molecule has 2 heterocycles. The molecule has 1 atom stereocenters. The van der Waals surface area contributed by atoms with Gasteiger partial charge in [-0.05, 0) is 19.8 Å². The van der Waals surface area contributed by atoms with Crippen LogP contribution in [0.25, 0.3) is 0 Å². The maximum absolute atomic E-state index is 12.1. The summed E-state index contributed by atoms with van der Waals surface area (Å²) in [4.78, 5) is 27.4. The molecule has 6 heteroatoms. The van der Waals surface area contributed by atoms with Gasteiger partial charge in [-0.25, -0.2) is 0 Å². The van der Waals surface area contributed by atoms with Crippen LogP contribution >= 0.6 is 12.4 Å². The zero-order valence-corrected chi connectivity index (χ0v) is 11.7. The predicted molar refractivity (Wildman–Crippen MR) is 71.7 cm³/mol. The molecule has 2 aliphatic heterocycles. The zero-order valence-electron chi connectivity index (χ0n) is 10.9. The van der Waals surface area contributed by atoms with Crippen molar-refractivity contribution in [1.29, 1.82) is 0 Å². The van der Waals surface area contributed by atoms with Gasteiger partial charge in [0, 0.05) is 38.6 Å². The Morgan fingerprint density at radius 1 is 1.39 bits per heavy atom. The van der Waals surface area contributed by atoms with Crippen LogP contribution in [-0.4, -0.2) is 60.4 Å². The molecule has 0 saturated carbocycles. The molecule has 5 nitrogen and oxygen atoms in total. The highest BCUT2D eigenvalue weighted by atomic mass is 35.5. The summed E-state index contributed by atoms with van der Waals surface area (Å²) in [5, 5.41) is 3.26. The van der Waals surface area contributed by atoms with E-state index in [0.717, 1.165) is 39.0 Å². The highest BCUT2D eigenvalue weighted by Gasteiger charge is 2.27. The molecule has 0 spiro atoms. The second-order valence-corrected chi connectivity index (χ2v) is 4.91. The zero-order chi connectivity index (χ0) is 12.3. The number of carbonyl (C=O) groups is 2. The maximum atomic E-state index is 12.1. The Hall–Kier alpha value is -0.810. The highest BCUT2D eigenvalue weighted by molar-refractivity contribution is 5.85. The van der Waals surface area contributed by atoms with E-state index in [2.05, 4.69) is 5.32 Å². The van der Waals surface area contributed by atoms with E-state index >= 15 is 0 Å². The number of amides is 2. The fraction of sp³-hybridized carbons (Fsp3) is 0.833. The van der Waals surface area contributed by atoms with Gasteiger partial charge in [-0.15, -0.1) is 12.4 Å². The lowest BCUT2D eigenvalue weighted by molar-refractivity contribution is -0.143. The van der Waals surface area contributed by atoms with Gasteiger partial charge in [0.2, 0.25) is 11.8 Å². The molecule has 104 valence electrons. The van der Waals surface area contributed by atoms with Crippen molar-refractivity contribution in [1.82, 2.24) is 15.1 Å². The molecule has 2 rings (SSSR count). The molecule has 2 amide bonds. The van der Waals surface area contributed by atoms with Crippen molar-refractivity contribution in [2.24, 2.45) is 0 Å². The molecular formula is C12H22ClN3O2. The van der Waals surface area contributed by atoms with Crippen molar-refractivity contribution < 1.29 is 9.59 Å². The van der Waals surface area contributed by atoms with Crippen LogP contribution in [0.2, 0.25) is 0 Å². The van der Waals surface area contributed by atoms with Crippen LogP contribution in [-0.2, 0) is 9.59 Å². The van der Waals surface area contributed by atoms with Gasteiger partial charge in [-0.1, -0.05) is 0 Å². The summed E-state index contributed by atoms with van der Waals surface area (Å²) < 4.78 is 0. The molecule has 0 unspecified atom stereocenters. The van der Waals surface area contributed by atoms with E-state index in [1.54, 1.807) is 4.90 Å². The summed E-state index contributed by atoms with van der Waals surface area (Å²) in [5.74, 6) is 0.224. The molecule has 0 aromatic carbocycles. The molecule has 2 saturated heterocycles. The smallest absolute Gasteiger partial charge is 0.242 e. The quantitative estimate of drug-likeness (QED) is 0.786. The second kappa shape index (κ2) is 6.95. The van der Waals surface area contributed by atoms with Crippen LogP contribution in [0.1, 0.15) is 26.2 Å². The normalized spacial score (nSPS) is 24.7. The van der Waals surface area contributed by atoms with Gasteiger partial charge < -0.3 is 15.1 Å². The molecule has 0 aromatic rings. The van der Waals surface area contributed by atoms with Gasteiger partial charge in [0.25, 0.3) is 0 Å². The molecular weight excluding hydrogens is 254 g/mol. The van der Waals surface area contributed by atoms with Crippen LogP contribution in [0, 0.1) is 0 Å². The van der Waals surface area contributed by atoms with Crippen molar-refractivity contribution in [3.63, 3.8) is 0 Å². The summed E-state index contributed by atoms with van der Waals surface area (Å²) in [7, 11) is 0. The van der Waals surface area contributed by atoms with E-state index < -0.39 is 0 Å². The van der Waals surface area contributed by atoms with E-state index in [1.807, 2.05) is 11.8 Å². The fourth-order valence-corrected chi connectivity index (χ4v) is 2.49. The summed E-state index contributed by atoms with van der Waals surface area (Å²) in [6, 6.07) is 0.233. The molecule has 0 aliphatic carbocycles. The van der Waals surface area contributed by atoms with Gasteiger partial charge in [0.15, 0.2) is 0 Å². The number of carbonyl (C=O) groups excluding carboxylic acids is 2. The van der Waals surface area contributed by atoms with E-state index in [-0.39, 0.29) is 36.8 Å². The molecule has 2 fully saturated rings. The van der Waals surface area contributed by atoms with Crippen LogP contribution in [0.4, 0.5) is 0 Å². The first-order valence-electron chi connectivity index (χ1n) is 6.46. The van der Waals surface area contributed by atoms with Crippen LogP contribution < -0.4 is 5.32 Å². The first-order chi connectivity index (χ1) is 8.18. The van der Waals surface area contributed by atoms with E-state index in [1.165, 1.54) is 0 Å². The van der Waals surface area contributed by atoms with Crippen molar-refractivity contribution in [3.05, 3.63) is 0 Å². The molecule has 0 radical (unpaired) electrons. The van der Waals surface area contributed by atoms with Crippen LogP contribution in [0.3, 0.4) is 0 Å². The number of piperazine rings is 1. The number of rotatable bonds is 2. The SMILES string of the molecule is C[C@@H]1CNCCN1C(=O)CN1CCCCC1=O.Cl. The molecule has 1 N–H and O–H groups in total. The van der Waals surface area contributed by atoms with Gasteiger partial charge >= 0.3 is 0 Å². The number of halogens is 1. The summed E-state index contributed by atoms with van der Waals surface area (Å²) in [6.45, 7) is 5.50. The lowest BCUT2D eigenvalue weighted by Crippen LogP contribution is -2.55. The Balaban J connectivity index is 0.00000162. The lowest BCUT2D eigenvalue weighted by atomic mass is 10.1. The average molecular weight is 276 g/mol. The van der Waals surface area contributed by atoms with Gasteiger partial charge in [0.1, 0.15) is 0 Å². The Morgan fingerprint density at radius 3 is 2.83 bits per heavy atom. The van der Waals surface area contributed by atoms with E-state index in [0.29, 0.717) is 6.42 Å². The third-order valence-electron chi connectivity index (χ3n) is 3.57. The van der Waals surface area contributed by atoms with Gasteiger partial charge in [-0.3, -0.25) is 9.59 Å². The monoisotopic (exact) mass is 275 g/mol. The second-order valence-electron chi connectivity index (χ2n) is 4.91. The minimum atomic E-state index is 0. The Morgan fingerprint density at radius 2 is 2.17 bits per heavy atom. The lowest BCUT2D eigenvalue weighted by Gasteiger charge is -2.36. The highest BCUT2D eigenvalue weighted by Crippen LogP contribution is 2.11. The average Bonchev–Trinajstić information content (AvgIpc) is 2.32. The Kier molecular flexibility index (Phi) is 5.88. The van der Waals surface area contributed by atoms with Crippen molar-refractivity contribution in [2.45, 2.75) is 32.2 Å². The minimum Gasteiger partial charge on any atom is -0.336 e. The van der Waals surface area contributed by atoms with Crippen molar-refractivity contribution in [3.8, 4) is 0 Å². The maximum Gasteiger partial charge on any atom is 0.242 e. The predicted octanol–water partition coefficient (Wildman–Crippen LogP) is 0.241. The third-order valence-corrected chi connectivity index (χ3v) is 3.57. The first-order valence-corrected chi connectivity index (χ1v) is 6.46. The number of piperidine rings is 1. The summed E-state index contributed by atoms with van der Waals surface area (Å²) >= 11 is 0. The van der Waals surface area contributed by atoms with Crippen LogP contribution in [0.5, 0.6) is 0 Å². The topological polar surface area (TPSA) is 52.7 Å². The van der Waals surface area contributed by atoms with Gasteiger partial charge in [-0.2, -0.15) is 0 Å². The Labute approximate surface area is 114 Å². The Bertz CT molecular complexity index is 312. The van der Waals surface area contributed by atoms with Crippen molar-refractivity contribution >= 4 is 24.2 Å². The fourth-order valence-electron chi connectivity index (χ4n) is 2.49. The molecule has 18 heavy (non-hydrogen) atoms. The van der Waals surface area contributed by atoms with E-state index in [4.69, 9.17) is 0 Å². The molecule has 2 aliphatic rings. The van der Waals surface area contributed by atoms with E-state index in [9.17, 15) is 9.59 Å². The number of hydrogen-bond acceptors (Lipinski definition) is 3. The first kappa shape index (κ1) is 15.2. The molecule has 0 bridgehead atoms. The minimum absolute atomic E-state index is 0. The summed E-state index contributed by atoms with van der Waals surface area (Å²) in [6.07, 6.45) is 2.59. The molecule has 0 aromatic heterocycles. The van der Waals surface area contributed by atoms with Crippen molar-refractivity contribution in [2.75, 3.05) is 32.7 Å². The standard InChI is InChI=1S/C12H21N3O2.ClH/c1-10-8-13-5-7-15(10)12(17)9-14-6-3-2-4-11(14)16;/h10,13H,2-9H2,1H3;1H/t10-;/m1./s1. The number of nitrogens with zero attached hydrogens (tertiary/aromatic N) is 2. The number of nitrogens with one attached hydrogen (secondary N) is 1. The number of likely N-dealkylation sites (tertiary alicyclic amines) is 1. The van der Waals surface area contributed by atoms with Crippen LogP contribution in [0.15, 0.2) is 0 Å². The largest absolute Gasteiger partial charge is 0.336 e. The number of hydrogen-bond donors (Lipinski definition) is 1. The summed E-state index contributed by atoms with van der Waals surface area (Å²) in [5.41, 5.74) is 0. The third kappa shape index (κ3) is 3.59. The van der Waals surface area contributed by atoms with Gasteiger partial charge in [0.05, 0.1) is 6.54 Å².